The second-order valence-corrected chi connectivity index (χ2v) is 4.14. The monoisotopic (exact) mass is 209 g/mol. The Labute approximate surface area is 89.2 Å². The maximum atomic E-state index is 12.9. The summed E-state index contributed by atoms with van der Waals surface area (Å²) >= 11 is 0. The molecule has 15 heavy (non-hydrogen) atoms. The van der Waals surface area contributed by atoms with Gasteiger partial charge in [-0.15, -0.1) is 0 Å². The molecule has 82 valence electrons. The largest absolute Gasteiger partial charge is 0.496 e. The molecule has 3 heteroatoms. The van der Waals surface area contributed by atoms with E-state index >= 15 is 0 Å². The van der Waals surface area contributed by atoms with E-state index in [2.05, 4.69) is 0 Å². The zero-order chi connectivity index (χ0) is 10.9. The maximum Gasteiger partial charge on any atom is 0.124 e. The van der Waals surface area contributed by atoms with E-state index in [0.29, 0.717) is 11.3 Å². The molecule has 2 rings (SSSR count). The highest BCUT2D eigenvalue weighted by molar-refractivity contribution is 5.46. The van der Waals surface area contributed by atoms with Crippen LogP contribution in [0.25, 0.3) is 0 Å². The predicted octanol–water partition coefficient (Wildman–Crippen LogP) is 2.50. The van der Waals surface area contributed by atoms with Gasteiger partial charge < -0.3 is 10.5 Å². The van der Waals surface area contributed by atoms with Crippen molar-refractivity contribution in [1.82, 2.24) is 0 Å². The van der Waals surface area contributed by atoms with Gasteiger partial charge in [-0.3, -0.25) is 0 Å². The van der Waals surface area contributed by atoms with Gasteiger partial charge in [-0.1, -0.05) is 12.1 Å². The summed E-state index contributed by atoms with van der Waals surface area (Å²) < 4.78 is 18.1. The van der Waals surface area contributed by atoms with Gasteiger partial charge in [0.2, 0.25) is 0 Å². The Hall–Kier alpha value is -1.09. The van der Waals surface area contributed by atoms with E-state index in [1.54, 1.807) is 19.2 Å². The molecular weight excluding hydrogens is 193 g/mol. The molecule has 1 aliphatic rings. The molecule has 1 aromatic rings. The average Bonchev–Trinajstić information content (AvgIpc) is 2.24. The standard InChI is InChI=1S/C12H16FNO/c1-15-10-5-2-4-9(8-13)11(10)12(14)6-3-7-12/h2,4-5H,3,6-8,14H2,1H3. The first-order chi connectivity index (χ1) is 7.21. The second kappa shape index (κ2) is 3.81. The van der Waals surface area contributed by atoms with Crippen LogP contribution in [0, 0.1) is 0 Å². The highest BCUT2D eigenvalue weighted by Crippen LogP contribution is 2.44. The van der Waals surface area contributed by atoms with Crippen molar-refractivity contribution in [3.05, 3.63) is 29.3 Å². The summed E-state index contributed by atoms with van der Waals surface area (Å²) in [5, 5.41) is 0. The van der Waals surface area contributed by atoms with Gasteiger partial charge in [0, 0.05) is 11.1 Å². The van der Waals surface area contributed by atoms with Crippen LogP contribution in [0.4, 0.5) is 4.39 Å². The van der Waals surface area contributed by atoms with Crippen molar-refractivity contribution in [2.75, 3.05) is 7.11 Å². The van der Waals surface area contributed by atoms with Crippen LogP contribution in [0.15, 0.2) is 18.2 Å². The number of ether oxygens (including phenoxy) is 1. The fourth-order valence-corrected chi connectivity index (χ4v) is 2.23. The lowest BCUT2D eigenvalue weighted by Gasteiger charge is -2.40. The summed E-state index contributed by atoms with van der Waals surface area (Å²) in [4.78, 5) is 0. The maximum absolute atomic E-state index is 12.9. The molecule has 2 N–H and O–H groups in total. The van der Waals surface area contributed by atoms with Gasteiger partial charge >= 0.3 is 0 Å². The van der Waals surface area contributed by atoms with Crippen LogP contribution in [-0.4, -0.2) is 7.11 Å². The number of hydrogen-bond donors (Lipinski definition) is 1. The van der Waals surface area contributed by atoms with E-state index in [-0.39, 0.29) is 5.54 Å². The van der Waals surface area contributed by atoms with Gasteiger partial charge in [0.15, 0.2) is 0 Å². The molecule has 0 radical (unpaired) electrons. The number of rotatable bonds is 3. The van der Waals surface area contributed by atoms with E-state index < -0.39 is 6.67 Å². The summed E-state index contributed by atoms with van der Waals surface area (Å²) in [6, 6.07) is 5.44. The van der Waals surface area contributed by atoms with Crippen LogP contribution in [0.5, 0.6) is 5.75 Å². The smallest absolute Gasteiger partial charge is 0.124 e. The predicted molar refractivity (Wildman–Crippen MR) is 57.5 cm³/mol. The Morgan fingerprint density at radius 2 is 2.20 bits per heavy atom. The molecule has 2 nitrogen and oxygen atoms in total. The summed E-state index contributed by atoms with van der Waals surface area (Å²) in [5.74, 6) is 0.715. The quantitative estimate of drug-likeness (QED) is 0.830. The number of hydrogen-bond acceptors (Lipinski definition) is 2. The number of nitrogens with two attached hydrogens (primary N) is 1. The molecule has 0 bridgehead atoms. The fourth-order valence-electron chi connectivity index (χ4n) is 2.23. The molecule has 0 amide bonds. The zero-order valence-electron chi connectivity index (χ0n) is 8.92. The van der Waals surface area contributed by atoms with Crippen molar-refractivity contribution in [2.24, 2.45) is 5.73 Å². The Balaban J connectivity index is 2.50. The SMILES string of the molecule is COc1cccc(CF)c1C1(N)CCC1. The normalized spacial score (nSPS) is 18.3. The van der Waals surface area contributed by atoms with Crippen molar-refractivity contribution >= 4 is 0 Å². The first-order valence-electron chi connectivity index (χ1n) is 5.22. The average molecular weight is 209 g/mol. The van der Waals surface area contributed by atoms with Crippen molar-refractivity contribution in [3.63, 3.8) is 0 Å². The third-order valence-corrected chi connectivity index (χ3v) is 3.22. The Morgan fingerprint density at radius 3 is 2.67 bits per heavy atom. The highest BCUT2D eigenvalue weighted by Gasteiger charge is 2.38. The lowest BCUT2D eigenvalue weighted by Crippen LogP contribution is -2.44. The molecule has 0 atom stereocenters. The first-order valence-corrected chi connectivity index (χ1v) is 5.22. The summed E-state index contributed by atoms with van der Waals surface area (Å²) in [6.45, 7) is -0.481. The number of alkyl halides is 1. The second-order valence-electron chi connectivity index (χ2n) is 4.14. The van der Waals surface area contributed by atoms with Crippen LogP contribution < -0.4 is 10.5 Å². The van der Waals surface area contributed by atoms with E-state index in [1.165, 1.54) is 0 Å². The topological polar surface area (TPSA) is 35.2 Å². The molecule has 1 fully saturated rings. The molecule has 0 spiro atoms. The molecule has 0 heterocycles. The first kappa shape index (κ1) is 10.4. The summed E-state index contributed by atoms with van der Waals surface area (Å²) in [5.41, 5.74) is 7.39. The van der Waals surface area contributed by atoms with Gasteiger partial charge in [0.1, 0.15) is 12.4 Å². The lowest BCUT2D eigenvalue weighted by atomic mass is 9.71. The molecular formula is C12H16FNO. The molecule has 0 unspecified atom stereocenters. The number of methoxy groups -OCH3 is 1. The van der Waals surface area contributed by atoms with Crippen molar-refractivity contribution in [3.8, 4) is 5.75 Å². The molecule has 0 aliphatic heterocycles. The van der Waals surface area contributed by atoms with Crippen LogP contribution >= 0.6 is 0 Å². The van der Waals surface area contributed by atoms with Gasteiger partial charge in [-0.2, -0.15) is 0 Å². The number of benzene rings is 1. The third kappa shape index (κ3) is 1.61. The zero-order valence-corrected chi connectivity index (χ0v) is 8.92. The van der Waals surface area contributed by atoms with E-state index in [4.69, 9.17) is 10.5 Å². The van der Waals surface area contributed by atoms with Gasteiger partial charge in [-0.25, -0.2) is 4.39 Å². The minimum atomic E-state index is -0.481. The molecule has 0 saturated heterocycles. The van der Waals surface area contributed by atoms with Crippen molar-refractivity contribution < 1.29 is 9.13 Å². The van der Waals surface area contributed by atoms with Crippen LogP contribution in [0.3, 0.4) is 0 Å². The fraction of sp³-hybridized carbons (Fsp3) is 0.500. The van der Waals surface area contributed by atoms with Crippen molar-refractivity contribution in [1.29, 1.82) is 0 Å². The van der Waals surface area contributed by atoms with Gasteiger partial charge in [-0.05, 0) is 30.9 Å². The minimum absolute atomic E-state index is 0.367. The Kier molecular flexibility index (Phi) is 2.65. The Bertz CT molecular complexity index is 338. The molecule has 1 aromatic carbocycles. The van der Waals surface area contributed by atoms with Gasteiger partial charge in [0.05, 0.1) is 7.11 Å². The molecule has 1 saturated carbocycles. The Morgan fingerprint density at radius 1 is 1.47 bits per heavy atom. The highest BCUT2D eigenvalue weighted by atomic mass is 19.1. The number of halogens is 1. The van der Waals surface area contributed by atoms with Crippen LogP contribution in [-0.2, 0) is 12.2 Å². The summed E-state index contributed by atoms with van der Waals surface area (Å²) in [6.07, 6.45) is 2.95. The van der Waals surface area contributed by atoms with Crippen molar-refractivity contribution in [2.45, 2.75) is 31.5 Å². The van der Waals surface area contributed by atoms with Crippen LogP contribution in [0.1, 0.15) is 30.4 Å². The lowest BCUT2D eigenvalue weighted by molar-refractivity contribution is 0.239. The molecule has 1 aliphatic carbocycles. The van der Waals surface area contributed by atoms with E-state index in [9.17, 15) is 4.39 Å². The third-order valence-electron chi connectivity index (χ3n) is 3.22. The van der Waals surface area contributed by atoms with Crippen LogP contribution in [0.2, 0.25) is 0 Å². The molecule has 0 aromatic heterocycles. The van der Waals surface area contributed by atoms with E-state index in [1.807, 2.05) is 6.07 Å². The van der Waals surface area contributed by atoms with E-state index in [0.717, 1.165) is 24.8 Å². The summed E-state index contributed by atoms with van der Waals surface area (Å²) in [7, 11) is 1.60. The minimum Gasteiger partial charge on any atom is -0.496 e. The van der Waals surface area contributed by atoms with Gasteiger partial charge in [0.25, 0.3) is 0 Å².